The third kappa shape index (κ3) is 4.35. The Morgan fingerprint density at radius 1 is 1.33 bits per heavy atom. The minimum Gasteiger partial charge on any atom is -0.361 e. The van der Waals surface area contributed by atoms with Crippen molar-refractivity contribution in [3.63, 3.8) is 0 Å². The van der Waals surface area contributed by atoms with E-state index in [0.29, 0.717) is 11.5 Å². The van der Waals surface area contributed by atoms with Gasteiger partial charge in [0, 0.05) is 19.4 Å². The molecule has 24 heavy (non-hydrogen) atoms. The molecule has 2 amide bonds. The molecule has 130 valence electrons. The molecule has 0 aliphatic carbocycles. The summed E-state index contributed by atoms with van der Waals surface area (Å²) in [4.78, 5) is 14.0. The average Bonchev–Trinajstić information content (AvgIpc) is 2.96. The van der Waals surface area contributed by atoms with Gasteiger partial charge < -0.3 is 14.7 Å². The lowest BCUT2D eigenvalue weighted by molar-refractivity contribution is 0.193. The molecular formula is C16H21N3O4S. The second-order valence-corrected chi connectivity index (χ2v) is 7.73. The molecule has 0 aliphatic rings. The molecule has 0 aliphatic heterocycles. The fourth-order valence-electron chi connectivity index (χ4n) is 2.19. The summed E-state index contributed by atoms with van der Waals surface area (Å²) in [5, 5.41) is 6.58. The zero-order chi connectivity index (χ0) is 17.9. The summed E-state index contributed by atoms with van der Waals surface area (Å²) in [5.74, 6) is 0.687. The van der Waals surface area contributed by atoms with Gasteiger partial charge in [-0.3, -0.25) is 0 Å². The van der Waals surface area contributed by atoms with Crippen LogP contribution in [0, 0.1) is 6.92 Å². The zero-order valence-electron chi connectivity index (χ0n) is 14.1. The zero-order valence-corrected chi connectivity index (χ0v) is 14.9. The highest BCUT2D eigenvalue weighted by Gasteiger charge is 2.18. The number of carbonyl (C=O) groups is 1. The minimum absolute atomic E-state index is 0.211. The van der Waals surface area contributed by atoms with E-state index in [1.165, 1.54) is 0 Å². The van der Waals surface area contributed by atoms with Gasteiger partial charge >= 0.3 is 6.03 Å². The van der Waals surface area contributed by atoms with Crippen LogP contribution in [0.25, 0.3) is 0 Å². The fraction of sp³-hybridized carbons (Fsp3) is 0.375. The number of hydrogen-bond donors (Lipinski definition) is 1. The molecule has 1 aromatic carbocycles. The molecule has 0 saturated heterocycles. The first-order valence-corrected chi connectivity index (χ1v) is 9.30. The van der Waals surface area contributed by atoms with Crippen LogP contribution in [0.15, 0.2) is 39.8 Å². The third-order valence-corrected chi connectivity index (χ3v) is 4.92. The van der Waals surface area contributed by atoms with Crippen molar-refractivity contribution >= 4 is 15.9 Å². The van der Waals surface area contributed by atoms with Crippen LogP contribution in [-0.2, 0) is 16.4 Å². The van der Waals surface area contributed by atoms with E-state index in [1.807, 2.05) is 6.92 Å². The summed E-state index contributed by atoms with van der Waals surface area (Å²) in [7, 11) is -1.55. The van der Waals surface area contributed by atoms with Gasteiger partial charge in [0.2, 0.25) is 0 Å². The molecule has 1 aromatic heterocycles. The second-order valence-electron chi connectivity index (χ2n) is 5.72. The quantitative estimate of drug-likeness (QED) is 0.892. The third-order valence-electron chi connectivity index (χ3n) is 3.79. The average molecular weight is 351 g/mol. The van der Waals surface area contributed by atoms with Gasteiger partial charge in [-0.25, -0.2) is 13.2 Å². The Morgan fingerprint density at radius 2 is 1.96 bits per heavy atom. The topological polar surface area (TPSA) is 92.5 Å². The maximum absolute atomic E-state index is 12.2. The lowest BCUT2D eigenvalue weighted by Gasteiger charge is -2.25. The summed E-state index contributed by atoms with van der Waals surface area (Å²) in [6.07, 6.45) is 1.16. The van der Waals surface area contributed by atoms with Gasteiger partial charge in [0.25, 0.3) is 0 Å². The van der Waals surface area contributed by atoms with Crippen molar-refractivity contribution in [3.05, 3.63) is 47.3 Å². The van der Waals surface area contributed by atoms with Gasteiger partial charge in [-0.2, -0.15) is 0 Å². The van der Waals surface area contributed by atoms with Crippen molar-refractivity contribution < 1.29 is 17.7 Å². The highest BCUT2D eigenvalue weighted by Crippen LogP contribution is 2.20. The Balaban J connectivity index is 2.00. The van der Waals surface area contributed by atoms with Gasteiger partial charge in [-0.1, -0.05) is 17.3 Å². The Labute approximate surface area is 141 Å². The van der Waals surface area contributed by atoms with E-state index >= 15 is 0 Å². The molecule has 2 aromatic rings. The Bertz CT molecular complexity index is 812. The predicted octanol–water partition coefficient (Wildman–Crippen LogP) is 2.29. The Kier molecular flexibility index (Phi) is 5.28. The van der Waals surface area contributed by atoms with Crippen LogP contribution in [0.4, 0.5) is 4.79 Å². The van der Waals surface area contributed by atoms with Crippen molar-refractivity contribution in [1.82, 2.24) is 15.4 Å². The maximum Gasteiger partial charge on any atom is 0.317 e. The summed E-state index contributed by atoms with van der Waals surface area (Å²) in [5.41, 5.74) is 1.50. The number of aromatic nitrogens is 1. The smallest absolute Gasteiger partial charge is 0.317 e. The van der Waals surface area contributed by atoms with E-state index in [0.717, 1.165) is 11.8 Å². The van der Waals surface area contributed by atoms with Crippen LogP contribution in [0.5, 0.6) is 0 Å². The minimum atomic E-state index is -3.23. The molecule has 0 radical (unpaired) electrons. The van der Waals surface area contributed by atoms with Crippen molar-refractivity contribution in [2.45, 2.75) is 31.3 Å². The summed E-state index contributed by atoms with van der Waals surface area (Å²) in [6.45, 7) is 3.93. The molecule has 8 heteroatoms. The van der Waals surface area contributed by atoms with Crippen LogP contribution < -0.4 is 5.32 Å². The fourth-order valence-corrected chi connectivity index (χ4v) is 2.82. The van der Waals surface area contributed by atoms with Gasteiger partial charge in [0.15, 0.2) is 9.84 Å². The largest absolute Gasteiger partial charge is 0.361 e. The van der Waals surface area contributed by atoms with E-state index in [-0.39, 0.29) is 23.5 Å². The van der Waals surface area contributed by atoms with Crippen LogP contribution in [0.3, 0.4) is 0 Å². The molecule has 1 unspecified atom stereocenters. The number of nitrogens with zero attached hydrogens (tertiary/aromatic N) is 2. The van der Waals surface area contributed by atoms with Crippen molar-refractivity contribution in [1.29, 1.82) is 0 Å². The molecular weight excluding hydrogens is 330 g/mol. The van der Waals surface area contributed by atoms with Crippen LogP contribution >= 0.6 is 0 Å². The normalized spacial score (nSPS) is 12.7. The van der Waals surface area contributed by atoms with Crippen LogP contribution in [0.1, 0.15) is 30.0 Å². The molecule has 0 saturated carbocycles. The molecule has 1 heterocycles. The molecule has 1 N–H and O–H groups in total. The molecule has 0 fully saturated rings. The Morgan fingerprint density at radius 3 is 2.46 bits per heavy atom. The second kappa shape index (κ2) is 7.04. The number of benzene rings is 1. The summed E-state index contributed by atoms with van der Waals surface area (Å²) in [6, 6.07) is 7.81. The number of rotatable bonds is 5. The van der Waals surface area contributed by atoms with Crippen molar-refractivity contribution in [2.75, 3.05) is 13.3 Å². The van der Waals surface area contributed by atoms with Gasteiger partial charge in [0.05, 0.1) is 17.5 Å². The van der Waals surface area contributed by atoms with Gasteiger partial charge in [-0.15, -0.1) is 0 Å². The lowest BCUT2D eigenvalue weighted by atomic mass is 10.1. The van der Waals surface area contributed by atoms with E-state index in [9.17, 15) is 13.2 Å². The molecule has 0 spiro atoms. The lowest BCUT2D eigenvalue weighted by Crippen LogP contribution is -2.38. The summed E-state index contributed by atoms with van der Waals surface area (Å²) >= 11 is 0. The predicted molar refractivity (Wildman–Crippen MR) is 89.2 cm³/mol. The highest BCUT2D eigenvalue weighted by atomic mass is 32.2. The highest BCUT2D eigenvalue weighted by molar-refractivity contribution is 7.90. The van der Waals surface area contributed by atoms with E-state index in [2.05, 4.69) is 10.5 Å². The number of urea groups is 1. The SMILES string of the molecule is Cc1cc(CNC(=O)N(C)C(C)c2ccc(S(C)(=O)=O)cc2)no1. The number of amides is 2. The van der Waals surface area contributed by atoms with Crippen LogP contribution in [0.2, 0.25) is 0 Å². The number of nitrogens with one attached hydrogen (secondary N) is 1. The first-order valence-electron chi connectivity index (χ1n) is 7.41. The molecule has 7 nitrogen and oxygen atoms in total. The van der Waals surface area contributed by atoms with Crippen LogP contribution in [-0.4, -0.2) is 37.8 Å². The summed E-state index contributed by atoms with van der Waals surface area (Å²) < 4.78 is 27.9. The monoisotopic (exact) mass is 351 g/mol. The van der Waals surface area contributed by atoms with E-state index in [4.69, 9.17) is 4.52 Å². The molecule has 1 atom stereocenters. The maximum atomic E-state index is 12.2. The number of aryl methyl sites for hydroxylation is 1. The molecule has 0 bridgehead atoms. The van der Waals surface area contributed by atoms with E-state index < -0.39 is 9.84 Å². The Hall–Kier alpha value is -2.35. The first-order chi connectivity index (χ1) is 11.2. The van der Waals surface area contributed by atoms with E-state index in [1.54, 1.807) is 49.2 Å². The van der Waals surface area contributed by atoms with Gasteiger partial charge in [0.1, 0.15) is 11.5 Å². The molecule has 2 rings (SSSR count). The van der Waals surface area contributed by atoms with Gasteiger partial charge in [-0.05, 0) is 31.5 Å². The number of hydrogen-bond acceptors (Lipinski definition) is 5. The van der Waals surface area contributed by atoms with Crippen molar-refractivity contribution in [3.8, 4) is 0 Å². The standard InChI is InChI=1S/C16H21N3O4S/c1-11-9-14(18-23-11)10-17-16(20)19(3)12(2)13-5-7-15(8-6-13)24(4,21)22/h5-9,12H,10H2,1-4H3,(H,17,20). The number of sulfone groups is 1. The number of carbonyl (C=O) groups excluding carboxylic acids is 1. The first kappa shape index (κ1) is 18.0. The van der Waals surface area contributed by atoms with Crippen molar-refractivity contribution in [2.24, 2.45) is 0 Å².